The maximum absolute atomic E-state index is 5.74. The monoisotopic (exact) mass is 184 g/mol. The zero-order valence-electron chi connectivity index (χ0n) is 7.86. The van der Waals surface area contributed by atoms with Crippen molar-refractivity contribution in [2.45, 2.75) is 6.92 Å². The molecule has 2 N–H and O–H groups in total. The van der Waals surface area contributed by atoms with Crippen molar-refractivity contribution in [2.24, 2.45) is 0 Å². The molecule has 0 fully saturated rings. The summed E-state index contributed by atoms with van der Waals surface area (Å²) in [6.07, 6.45) is 4.37. The zero-order chi connectivity index (χ0) is 9.97. The average Bonchev–Trinajstić information content (AvgIpc) is 2.18. The number of hydrogen-bond acceptors (Lipinski definition) is 3. The van der Waals surface area contributed by atoms with Gasteiger partial charge in [-0.15, -0.1) is 0 Å². The first kappa shape index (κ1) is 8.69. The molecule has 2 aromatic rings. The molecule has 0 aromatic carbocycles. The summed E-state index contributed by atoms with van der Waals surface area (Å²) in [5.41, 5.74) is 8.99. The second kappa shape index (κ2) is 3.46. The van der Waals surface area contributed by atoms with Crippen molar-refractivity contribution < 1.29 is 0 Å². The molecule has 0 unspecified atom stereocenters. The van der Waals surface area contributed by atoms with Crippen LogP contribution in [0.25, 0.3) is 11.3 Å². The molecule has 2 rings (SSSR count). The topological polar surface area (TPSA) is 51.8 Å². The van der Waals surface area contributed by atoms with Gasteiger partial charge in [-0.05, 0) is 25.1 Å². The maximum Gasteiger partial charge on any atom is 0.114 e. The van der Waals surface area contributed by atoms with Gasteiger partial charge in [0.05, 0.1) is 11.4 Å². The van der Waals surface area contributed by atoms with E-state index in [1.165, 1.54) is 0 Å². The van der Waals surface area contributed by atoms with Gasteiger partial charge < -0.3 is 5.73 Å². The van der Waals surface area contributed by atoms with Gasteiger partial charge in [0, 0.05) is 17.5 Å². The lowest BCUT2D eigenvalue weighted by Crippen LogP contribution is -1.93. The molecule has 3 nitrogen and oxygen atoms in total. The Labute approximate surface area is 82.6 Å². The Kier molecular flexibility index (Phi) is 2.14. The minimum Gasteiger partial charge on any atom is -0.396 e. The first-order chi connectivity index (χ1) is 6.77. The Morgan fingerprint density at radius 2 is 2.14 bits per heavy atom. The molecule has 0 bridgehead atoms. The van der Waals surface area contributed by atoms with Gasteiger partial charge in [0.15, 0.2) is 0 Å². The van der Waals surface area contributed by atoms with Crippen LogP contribution in [0.15, 0.2) is 30.5 Å². The number of nitrogen functional groups attached to an aromatic ring is 1. The highest BCUT2D eigenvalue weighted by Gasteiger charge is 2.03. The Bertz CT molecular complexity index is 452. The lowest BCUT2D eigenvalue weighted by atomic mass is 10.1. The number of anilines is 1. The van der Waals surface area contributed by atoms with E-state index in [0.717, 1.165) is 17.0 Å². The number of pyridine rings is 2. The van der Waals surface area contributed by atoms with Gasteiger partial charge in [-0.3, -0.25) is 9.97 Å². The van der Waals surface area contributed by atoms with Crippen molar-refractivity contribution in [3.63, 3.8) is 0 Å². The van der Waals surface area contributed by atoms with Crippen LogP contribution >= 0.6 is 0 Å². The highest BCUT2D eigenvalue weighted by atomic mass is 14.7. The second-order valence-electron chi connectivity index (χ2n) is 3.05. The third-order valence-corrected chi connectivity index (χ3v) is 1.96. The third kappa shape index (κ3) is 1.57. The zero-order valence-corrected chi connectivity index (χ0v) is 7.86. The van der Waals surface area contributed by atoms with Gasteiger partial charge in [-0.1, -0.05) is 6.07 Å². The van der Waals surface area contributed by atoms with E-state index in [2.05, 4.69) is 16.2 Å². The molecule has 2 heterocycles. The largest absolute Gasteiger partial charge is 0.396 e. The summed E-state index contributed by atoms with van der Waals surface area (Å²) in [5, 5.41) is 0. The SMILES string of the molecule is Cc1cccc(-c2ccn[c]c2N)n1. The Morgan fingerprint density at radius 3 is 2.86 bits per heavy atom. The average molecular weight is 184 g/mol. The molecule has 14 heavy (non-hydrogen) atoms. The van der Waals surface area contributed by atoms with Crippen molar-refractivity contribution in [3.8, 4) is 11.3 Å². The van der Waals surface area contributed by atoms with Gasteiger partial charge in [0.2, 0.25) is 0 Å². The van der Waals surface area contributed by atoms with Crippen LogP contribution in [0.3, 0.4) is 0 Å². The van der Waals surface area contributed by atoms with Crippen molar-refractivity contribution in [3.05, 3.63) is 42.4 Å². The molecule has 1 radical (unpaired) electrons. The van der Waals surface area contributed by atoms with Crippen molar-refractivity contribution in [1.82, 2.24) is 9.97 Å². The Morgan fingerprint density at radius 1 is 1.29 bits per heavy atom. The quantitative estimate of drug-likeness (QED) is 0.735. The minimum absolute atomic E-state index is 0.533. The lowest BCUT2D eigenvalue weighted by Gasteiger charge is -2.03. The molecule has 3 heteroatoms. The van der Waals surface area contributed by atoms with Gasteiger partial charge in [0.1, 0.15) is 6.20 Å². The Balaban J connectivity index is 2.55. The predicted octanol–water partition coefficient (Wildman–Crippen LogP) is 1.83. The van der Waals surface area contributed by atoms with E-state index in [9.17, 15) is 0 Å². The van der Waals surface area contributed by atoms with Crippen LogP contribution in [0.5, 0.6) is 0 Å². The van der Waals surface area contributed by atoms with Crippen molar-refractivity contribution >= 4 is 5.69 Å². The highest BCUT2D eigenvalue weighted by Crippen LogP contribution is 2.21. The molecule has 69 valence electrons. The van der Waals surface area contributed by atoms with Gasteiger partial charge in [-0.25, -0.2) is 0 Å². The summed E-state index contributed by atoms with van der Waals surface area (Å²) in [4.78, 5) is 8.19. The summed E-state index contributed by atoms with van der Waals surface area (Å²) in [6, 6.07) is 7.67. The van der Waals surface area contributed by atoms with Crippen LogP contribution in [0.1, 0.15) is 5.69 Å². The number of nitrogens with zero attached hydrogens (tertiary/aromatic N) is 2. The molecular weight excluding hydrogens is 174 g/mol. The van der Waals surface area contributed by atoms with Gasteiger partial charge >= 0.3 is 0 Å². The molecule has 0 atom stereocenters. The van der Waals surface area contributed by atoms with Crippen LogP contribution in [0, 0.1) is 13.1 Å². The standard InChI is InChI=1S/C11H10N3/c1-8-3-2-4-11(14-8)9-5-6-13-7-10(9)12/h2-6H,12H2,1H3. The summed E-state index contributed by atoms with van der Waals surface area (Å²) >= 11 is 0. The molecule has 0 saturated heterocycles. The first-order valence-corrected chi connectivity index (χ1v) is 4.33. The highest BCUT2D eigenvalue weighted by molar-refractivity contribution is 5.72. The Hall–Kier alpha value is -1.90. The number of hydrogen-bond donors (Lipinski definition) is 1. The van der Waals surface area contributed by atoms with Crippen LogP contribution in [-0.4, -0.2) is 9.97 Å². The lowest BCUT2D eigenvalue weighted by molar-refractivity contribution is 1.20. The third-order valence-electron chi connectivity index (χ3n) is 1.96. The fourth-order valence-electron chi connectivity index (χ4n) is 1.29. The van der Waals surface area contributed by atoms with E-state index in [1.54, 1.807) is 6.20 Å². The number of rotatable bonds is 1. The van der Waals surface area contributed by atoms with E-state index < -0.39 is 0 Å². The summed E-state index contributed by atoms with van der Waals surface area (Å²) < 4.78 is 0. The summed E-state index contributed by atoms with van der Waals surface area (Å²) in [7, 11) is 0. The summed E-state index contributed by atoms with van der Waals surface area (Å²) in [6.45, 7) is 1.95. The normalized spacial score (nSPS) is 10.1. The van der Waals surface area contributed by atoms with E-state index in [1.807, 2.05) is 31.2 Å². The van der Waals surface area contributed by atoms with Crippen molar-refractivity contribution in [2.75, 3.05) is 5.73 Å². The first-order valence-electron chi connectivity index (χ1n) is 4.33. The number of aromatic nitrogens is 2. The van der Waals surface area contributed by atoms with E-state index in [4.69, 9.17) is 5.73 Å². The van der Waals surface area contributed by atoms with Gasteiger partial charge in [-0.2, -0.15) is 0 Å². The smallest absolute Gasteiger partial charge is 0.114 e. The fourth-order valence-corrected chi connectivity index (χ4v) is 1.29. The molecule has 2 aromatic heterocycles. The molecule has 0 aliphatic heterocycles. The molecular formula is C11H10N3. The predicted molar refractivity (Wildman–Crippen MR) is 55.5 cm³/mol. The maximum atomic E-state index is 5.74. The molecule has 0 saturated carbocycles. The fraction of sp³-hybridized carbons (Fsp3) is 0.0909. The van der Waals surface area contributed by atoms with E-state index >= 15 is 0 Å². The molecule has 0 spiro atoms. The van der Waals surface area contributed by atoms with E-state index in [0.29, 0.717) is 5.69 Å². The second-order valence-corrected chi connectivity index (χ2v) is 3.05. The van der Waals surface area contributed by atoms with Crippen LogP contribution in [-0.2, 0) is 0 Å². The molecule has 0 aliphatic carbocycles. The van der Waals surface area contributed by atoms with E-state index in [-0.39, 0.29) is 0 Å². The van der Waals surface area contributed by atoms with Crippen LogP contribution < -0.4 is 5.73 Å². The van der Waals surface area contributed by atoms with Crippen molar-refractivity contribution in [1.29, 1.82) is 0 Å². The minimum atomic E-state index is 0.533. The summed E-state index contributed by atoms with van der Waals surface area (Å²) in [5.74, 6) is 0. The van der Waals surface area contributed by atoms with Gasteiger partial charge in [0.25, 0.3) is 0 Å². The van der Waals surface area contributed by atoms with Crippen LogP contribution in [0.2, 0.25) is 0 Å². The van der Waals surface area contributed by atoms with Crippen LogP contribution in [0.4, 0.5) is 5.69 Å². The molecule has 0 aliphatic rings. The molecule has 0 amide bonds. The number of aryl methyl sites for hydroxylation is 1. The number of nitrogens with two attached hydrogens (primary N) is 1.